The van der Waals surface area contributed by atoms with Gasteiger partial charge < -0.3 is 24.4 Å². The van der Waals surface area contributed by atoms with Crippen LogP contribution in [-0.4, -0.2) is 37.3 Å². The number of phenolic OH excluding ortho intramolecular Hbond substituents is 2. The maximum Gasteiger partial charge on any atom is 0.194 e. The summed E-state index contributed by atoms with van der Waals surface area (Å²) < 4.78 is 17.3. The molecule has 0 aromatic heterocycles. The monoisotopic (exact) mass is 566 g/mol. The highest BCUT2D eigenvalue weighted by Crippen LogP contribution is 2.57. The van der Waals surface area contributed by atoms with Crippen molar-refractivity contribution in [1.29, 1.82) is 0 Å². The van der Waals surface area contributed by atoms with Gasteiger partial charge in [0.2, 0.25) is 0 Å². The maximum absolute atomic E-state index is 13.8. The summed E-state index contributed by atoms with van der Waals surface area (Å²) in [6.45, 7) is 3.32. The van der Waals surface area contributed by atoms with Crippen molar-refractivity contribution in [2.24, 2.45) is 5.92 Å². The number of methoxy groups -OCH3 is 3. The number of hydrogen-bond donors (Lipinski definition) is 2. The fourth-order valence-electron chi connectivity index (χ4n) is 7.53. The van der Waals surface area contributed by atoms with Gasteiger partial charge in [-0.2, -0.15) is 0 Å². The van der Waals surface area contributed by atoms with Crippen molar-refractivity contribution >= 4 is 54.9 Å². The summed E-state index contributed by atoms with van der Waals surface area (Å²) in [5.41, 5.74) is 1.55. The Bertz CT molecular complexity index is 2160. The quantitative estimate of drug-likeness (QED) is 0.197. The lowest BCUT2D eigenvalue weighted by atomic mass is 9.77. The average molecular weight is 567 g/mol. The first-order valence-corrected chi connectivity index (χ1v) is 14.1. The van der Waals surface area contributed by atoms with Crippen molar-refractivity contribution in [1.82, 2.24) is 0 Å². The minimum absolute atomic E-state index is 0.0230. The molecule has 7 rings (SSSR count). The third-order valence-corrected chi connectivity index (χ3v) is 9.48. The normalized spacial score (nSPS) is 16.8. The van der Waals surface area contributed by atoms with Crippen molar-refractivity contribution in [2.75, 3.05) is 21.3 Å². The Balaban J connectivity index is 1.94. The highest BCUT2D eigenvalue weighted by molar-refractivity contribution is 6.39. The molecule has 0 bridgehead atoms. The summed E-state index contributed by atoms with van der Waals surface area (Å²) in [5.74, 6) is -0.606. The largest absolute Gasteiger partial charge is 0.507 e. The number of ketones is 1. The van der Waals surface area contributed by atoms with E-state index in [4.69, 9.17) is 14.2 Å². The van der Waals surface area contributed by atoms with Gasteiger partial charge in [0, 0.05) is 44.8 Å². The van der Waals surface area contributed by atoms with Gasteiger partial charge in [0.05, 0.1) is 38.0 Å². The third kappa shape index (κ3) is 3.15. The van der Waals surface area contributed by atoms with Crippen LogP contribution in [0, 0.1) is 5.92 Å². The second kappa shape index (κ2) is 8.95. The van der Waals surface area contributed by atoms with Crippen LogP contribution in [0.4, 0.5) is 0 Å². The van der Waals surface area contributed by atoms with E-state index in [0.717, 1.165) is 19.3 Å². The molecular weight excluding hydrogens is 536 g/mol. The number of carbonyl (C=O) groups is 1. The lowest BCUT2D eigenvalue weighted by molar-refractivity contribution is -0.117. The number of Topliss-reactive ketones (excluding diaryl/α,β-unsaturated/α-hetero) is 1. The molecule has 1 atom stereocenters. The van der Waals surface area contributed by atoms with Crippen LogP contribution in [0.5, 0.6) is 28.7 Å². The molecule has 2 aliphatic rings. The van der Waals surface area contributed by atoms with E-state index < -0.39 is 16.8 Å². The van der Waals surface area contributed by atoms with Gasteiger partial charge in [0.1, 0.15) is 23.0 Å². The van der Waals surface area contributed by atoms with Crippen molar-refractivity contribution in [3.63, 3.8) is 0 Å². The molecular formula is C34H30O8. The van der Waals surface area contributed by atoms with Gasteiger partial charge in [-0.15, -0.1) is 0 Å². The summed E-state index contributed by atoms with van der Waals surface area (Å²) in [6.07, 6.45) is 5.62. The van der Waals surface area contributed by atoms with Crippen molar-refractivity contribution in [2.45, 2.75) is 45.4 Å². The van der Waals surface area contributed by atoms with E-state index in [9.17, 15) is 24.6 Å². The third-order valence-electron chi connectivity index (χ3n) is 9.48. The SMILES string of the molecule is COc1c(O)c2c(=O)cc(OC)c3c4c(OC)cc(=O)c5c(O)c(CC6CCC6)c6c(c(c1C(C(C)=O)C(C)=C6)c23)c54. The van der Waals surface area contributed by atoms with E-state index in [1.807, 2.05) is 13.0 Å². The predicted octanol–water partition coefficient (Wildman–Crippen LogP) is 5.76. The summed E-state index contributed by atoms with van der Waals surface area (Å²) in [5, 5.41) is 26.6. The molecule has 2 N–H and O–H groups in total. The molecule has 8 heteroatoms. The summed E-state index contributed by atoms with van der Waals surface area (Å²) >= 11 is 0. The Morgan fingerprint density at radius 2 is 1.38 bits per heavy atom. The Morgan fingerprint density at radius 1 is 0.810 bits per heavy atom. The zero-order chi connectivity index (χ0) is 29.8. The molecule has 1 fully saturated rings. The molecule has 42 heavy (non-hydrogen) atoms. The molecule has 2 aliphatic carbocycles. The molecule has 0 radical (unpaired) electrons. The van der Waals surface area contributed by atoms with Crippen molar-refractivity contribution in [3.8, 4) is 28.7 Å². The fraction of sp³-hybridized carbons (Fsp3) is 0.324. The van der Waals surface area contributed by atoms with Crippen molar-refractivity contribution < 1.29 is 29.2 Å². The van der Waals surface area contributed by atoms with E-state index in [0.29, 0.717) is 66.9 Å². The molecule has 214 valence electrons. The highest BCUT2D eigenvalue weighted by Gasteiger charge is 2.37. The first-order valence-electron chi connectivity index (χ1n) is 14.1. The number of hydrogen-bond acceptors (Lipinski definition) is 8. The summed E-state index contributed by atoms with van der Waals surface area (Å²) in [4.78, 5) is 40.8. The van der Waals surface area contributed by atoms with Gasteiger partial charge in [-0.1, -0.05) is 30.9 Å². The van der Waals surface area contributed by atoms with E-state index in [1.165, 1.54) is 40.4 Å². The molecule has 0 spiro atoms. The van der Waals surface area contributed by atoms with E-state index in [1.54, 1.807) is 0 Å². The Morgan fingerprint density at radius 3 is 1.88 bits per heavy atom. The van der Waals surface area contributed by atoms with E-state index >= 15 is 0 Å². The van der Waals surface area contributed by atoms with Crippen LogP contribution < -0.4 is 25.1 Å². The predicted molar refractivity (Wildman–Crippen MR) is 162 cm³/mol. The van der Waals surface area contributed by atoms with Crippen LogP contribution >= 0.6 is 0 Å². The van der Waals surface area contributed by atoms with Gasteiger partial charge in [-0.3, -0.25) is 14.4 Å². The summed E-state index contributed by atoms with van der Waals surface area (Å²) in [7, 11) is 4.29. The van der Waals surface area contributed by atoms with Crippen LogP contribution in [0.1, 0.15) is 55.7 Å². The van der Waals surface area contributed by atoms with Crippen LogP contribution in [-0.2, 0) is 11.2 Å². The number of benzene rings is 5. The van der Waals surface area contributed by atoms with E-state index in [2.05, 4.69) is 0 Å². The summed E-state index contributed by atoms with van der Waals surface area (Å²) in [6, 6.07) is 2.64. The smallest absolute Gasteiger partial charge is 0.194 e. The minimum Gasteiger partial charge on any atom is -0.507 e. The molecule has 0 amide bonds. The van der Waals surface area contributed by atoms with Gasteiger partial charge in [0.15, 0.2) is 22.4 Å². The fourth-order valence-corrected chi connectivity index (χ4v) is 7.53. The number of aromatic hydroxyl groups is 2. The molecule has 1 unspecified atom stereocenters. The maximum atomic E-state index is 13.8. The van der Waals surface area contributed by atoms with Gasteiger partial charge in [-0.25, -0.2) is 0 Å². The first kappa shape index (κ1) is 26.3. The van der Waals surface area contributed by atoms with Crippen LogP contribution in [0.2, 0.25) is 0 Å². The number of rotatable bonds is 6. The number of phenols is 2. The number of fused-ring (bicyclic) bond motifs is 1. The zero-order valence-electron chi connectivity index (χ0n) is 24.1. The lowest BCUT2D eigenvalue weighted by Gasteiger charge is -2.28. The molecule has 5 aromatic rings. The molecule has 1 saturated carbocycles. The standard InChI is InChI=1S/C34H30O8/c1-13-9-16-17(10-15-7-6-8-15)32(38)24-18(36)11-20(40-3)26-27-21(41-4)12-19(37)25-30(27)29(23(16)28(24)26)31(22(13)14(2)35)34(42-5)33(25)39/h9,11-12,15,22,38-39H,6-8,10H2,1-5H3. The molecule has 5 aromatic carbocycles. The van der Waals surface area contributed by atoms with Gasteiger partial charge >= 0.3 is 0 Å². The molecule has 0 aliphatic heterocycles. The lowest BCUT2D eigenvalue weighted by Crippen LogP contribution is -2.16. The number of ether oxygens (including phenoxy) is 3. The molecule has 0 saturated heterocycles. The number of allylic oxidation sites excluding steroid dienone is 1. The second-order valence-electron chi connectivity index (χ2n) is 11.6. The number of carbonyl (C=O) groups excluding carboxylic acids is 1. The topological polar surface area (TPSA) is 119 Å². The average Bonchev–Trinajstić information content (AvgIpc) is 3.05. The zero-order valence-corrected chi connectivity index (χ0v) is 24.1. The van der Waals surface area contributed by atoms with E-state index in [-0.39, 0.29) is 45.3 Å². The van der Waals surface area contributed by atoms with Gasteiger partial charge in [-0.05, 0) is 42.5 Å². The van der Waals surface area contributed by atoms with Crippen molar-refractivity contribution in [3.05, 3.63) is 54.8 Å². The molecule has 8 nitrogen and oxygen atoms in total. The Labute approximate surface area is 240 Å². The van der Waals surface area contributed by atoms with Crippen LogP contribution in [0.25, 0.3) is 49.2 Å². The van der Waals surface area contributed by atoms with Crippen LogP contribution in [0.15, 0.2) is 27.3 Å². The molecule has 0 heterocycles. The van der Waals surface area contributed by atoms with Gasteiger partial charge in [0.25, 0.3) is 0 Å². The Kier molecular flexibility index (Phi) is 5.61. The first-order chi connectivity index (χ1) is 20.1. The second-order valence-corrected chi connectivity index (χ2v) is 11.6. The van der Waals surface area contributed by atoms with Crippen LogP contribution in [0.3, 0.4) is 0 Å². The highest BCUT2D eigenvalue weighted by atomic mass is 16.5. The minimum atomic E-state index is -0.820. The Hall–Kier alpha value is -4.59.